The van der Waals surface area contributed by atoms with Crippen molar-refractivity contribution in [1.29, 1.82) is 0 Å². The minimum Gasteiger partial charge on any atom is -0.395 e. The van der Waals surface area contributed by atoms with Crippen molar-refractivity contribution < 1.29 is 5.11 Å². The molecule has 2 aromatic heterocycles. The van der Waals surface area contributed by atoms with Gasteiger partial charge in [-0.15, -0.1) is 0 Å². The van der Waals surface area contributed by atoms with Crippen molar-refractivity contribution >= 4 is 21.9 Å². The summed E-state index contributed by atoms with van der Waals surface area (Å²) in [6, 6.07) is 12.2. The van der Waals surface area contributed by atoms with Crippen LogP contribution in [-0.2, 0) is 0 Å². The van der Waals surface area contributed by atoms with Gasteiger partial charge in [0.1, 0.15) is 5.82 Å². The number of aliphatic hydroxyl groups is 1. The van der Waals surface area contributed by atoms with E-state index in [0.29, 0.717) is 0 Å². The van der Waals surface area contributed by atoms with Crippen LogP contribution < -0.4 is 0 Å². The number of hydrogen-bond donors (Lipinski definition) is 3. The highest BCUT2D eigenvalue weighted by molar-refractivity contribution is 5.88. The molecule has 3 N–H and O–H groups in total. The molecular formula is C19H19N3O. The molecule has 0 aliphatic carbocycles. The second-order valence-corrected chi connectivity index (χ2v) is 6.06. The van der Waals surface area contributed by atoms with Gasteiger partial charge in [0, 0.05) is 17.1 Å². The van der Waals surface area contributed by atoms with Gasteiger partial charge < -0.3 is 15.1 Å². The monoisotopic (exact) mass is 305 g/mol. The molecule has 0 saturated carbocycles. The van der Waals surface area contributed by atoms with Crippen LogP contribution in [0.25, 0.3) is 21.9 Å². The van der Waals surface area contributed by atoms with E-state index in [4.69, 9.17) is 0 Å². The summed E-state index contributed by atoms with van der Waals surface area (Å²) in [5.41, 5.74) is 6.57. The van der Waals surface area contributed by atoms with Crippen LogP contribution in [0, 0.1) is 13.8 Å². The largest absolute Gasteiger partial charge is 0.395 e. The van der Waals surface area contributed by atoms with Gasteiger partial charge in [0.05, 0.1) is 23.6 Å². The first-order chi connectivity index (χ1) is 11.2. The Morgan fingerprint density at radius 1 is 1.13 bits per heavy atom. The summed E-state index contributed by atoms with van der Waals surface area (Å²) in [6.07, 6.45) is 1.95. The molecule has 4 heteroatoms. The number of benzene rings is 2. The van der Waals surface area contributed by atoms with Gasteiger partial charge >= 0.3 is 0 Å². The first kappa shape index (κ1) is 14.0. The fourth-order valence-corrected chi connectivity index (χ4v) is 3.52. The van der Waals surface area contributed by atoms with Crippen molar-refractivity contribution in [2.24, 2.45) is 0 Å². The number of hydrogen-bond acceptors (Lipinski definition) is 2. The molecule has 0 aliphatic heterocycles. The Bertz CT molecular complexity index is 963. The summed E-state index contributed by atoms with van der Waals surface area (Å²) in [6.45, 7) is 4.22. The van der Waals surface area contributed by atoms with Crippen LogP contribution in [0.15, 0.2) is 42.6 Å². The van der Waals surface area contributed by atoms with Gasteiger partial charge in [-0.3, -0.25) is 0 Å². The Morgan fingerprint density at radius 3 is 2.74 bits per heavy atom. The molecule has 1 unspecified atom stereocenters. The number of fused-ring (bicyclic) bond motifs is 2. The Balaban J connectivity index is 1.95. The highest BCUT2D eigenvalue weighted by Gasteiger charge is 2.22. The van der Waals surface area contributed by atoms with Gasteiger partial charge in [0.2, 0.25) is 0 Å². The van der Waals surface area contributed by atoms with E-state index in [1.807, 2.05) is 30.5 Å². The quantitative estimate of drug-likeness (QED) is 0.539. The summed E-state index contributed by atoms with van der Waals surface area (Å²) in [7, 11) is 0. The Hall–Kier alpha value is -2.59. The van der Waals surface area contributed by atoms with Gasteiger partial charge in [0.15, 0.2) is 0 Å². The first-order valence-electron chi connectivity index (χ1n) is 7.81. The molecular weight excluding hydrogens is 286 g/mol. The van der Waals surface area contributed by atoms with Crippen LogP contribution in [0.1, 0.15) is 28.4 Å². The van der Waals surface area contributed by atoms with Crippen molar-refractivity contribution in [3.8, 4) is 0 Å². The zero-order valence-corrected chi connectivity index (χ0v) is 13.2. The van der Waals surface area contributed by atoms with Crippen LogP contribution in [0.3, 0.4) is 0 Å². The maximum atomic E-state index is 10.1. The fourth-order valence-electron chi connectivity index (χ4n) is 3.52. The molecule has 0 fully saturated rings. The molecule has 2 aromatic carbocycles. The molecule has 0 amide bonds. The van der Waals surface area contributed by atoms with Gasteiger partial charge in [-0.2, -0.15) is 0 Å². The van der Waals surface area contributed by atoms with E-state index in [9.17, 15) is 5.11 Å². The SMILES string of the molecule is Cc1cc(C)c2[nH]ccc2c1C(CO)c1nc2ccccc2[nH]1. The van der Waals surface area contributed by atoms with E-state index in [1.54, 1.807) is 0 Å². The van der Waals surface area contributed by atoms with E-state index in [2.05, 4.69) is 40.9 Å². The highest BCUT2D eigenvalue weighted by Crippen LogP contribution is 2.34. The molecule has 0 bridgehead atoms. The summed E-state index contributed by atoms with van der Waals surface area (Å²) in [5.74, 6) is 0.643. The third-order valence-electron chi connectivity index (χ3n) is 4.56. The lowest BCUT2D eigenvalue weighted by Crippen LogP contribution is -2.10. The summed E-state index contributed by atoms with van der Waals surface area (Å²) in [4.78, 5) is 11.4. The van der Waals surface area contributed by atoms with Crippen molar-refractivity contribution in [3.05, 3.63) is 65.1 Å². The summed E-state index contributed by atoms with van der Waals surface area (Å²) >= 11 is 0. The predicted molar refractivity (Wildman–Crippen MR) is 92.8 cm³/mol. The lowest BCUT2D eigenvalue weighted by atomic mass is 9.90. The molecule has 4 aromatic rings. The Kier molecular flexibility index (Phi) is 3.20. The van der Waals surface area contributed by atoms with E-state index >= 15 is 0 Å². The smallest absolute Gasteiger partial charge is 0.117 e. The molecule has 4 nitrogen and oxygen atoms in total. The van der Waals surface area contributed by atoms with Crippen molar-refractivity contribution in [2.45, 2.75) is 19.8 Å². The standard InChI is InChI=1S/C19H19N3O/c1-11-9-12(2)18-13(7-8-20-18)17(11)14(10-23)19-21-15-5-3-4-6-16(15)22-19/h3-9,14,20,23H,10H2,1-2H3,(H,21,22). The van der Waals surface area contributed by atoms with Crippen LogP contribution in [0.2, 0.25) is 0 Å². The lowest BCUT2D eigenvalue weighted by molar-refractivity contribution is 0.277. The third-order valence-corrected chi connectivity index (χ3v) is 4.56. The van der Waals surface area contributed by atoms with Crippen molar-refractivity contribution in [3.63, 3.8) is 0 Å². The normalized spacial score (nSPS) is 13.0. The number of aliphatic hydroxyl groups excluding tert-OH is 1. The van der Waals surface area contributed by atoms with Gasteiger partial charge in [-0.05, 0) is 48.7 Å². The molecule has 23 heavy (non-hydrogen) atoms. The van der Waals surface area contributed by atoms with Gasteiger partial charge in [-0.1, -0.05) is 18.2 Å². The number of nitrogens with zero attached hydrogens (tertiary/aromatic N) is 1. The first-order valence-corrected chi connectivity index (χ1v) is 7.81. The van der Waals surface area contributed by atoms with Crippen LogP contribution in [0.5, 0.6) is 0 Å². The number of para-hydroxylation sites is 2. The van der Waals surface area contributed by atoms with Gasteiger partial charge in [-0.25, -0.2) is 4.98 Å². The van der Waals surface area contributed by atoms with E-state index < -0.39 is 0 Å². The average Bonchev–Trinajstić information content (AvgIpc) is 3.17. The van der Waals surface area contributed by atoms with Crippen LogP contribution >= 0.6 is 0 Å². The number of rotatable bonds is 3. The minimum absolute atomic E-state index is 0.0179. The molecule has 0 radical (unpaired) electrons. The lowest BCUT2D eigenvalue weighted by Gasteiger charge is -2.17. The zero-order valence-electron chi connectivity index (χ0n) is 13.2. The second-order valence-electron chi connectivity index (χ2n) is 6.06. The molecule has 1 atom stereocenters. The third kappa shape index (κ3) is 2.14. The second kappa shape index (κ2) is 5.25. The maximum absolute atomic E-state index is 10.1. The van der Waals surface area contributed by atoms with Crippen LogP contribution in [-0.4, -0.2) is 26.7 Å². The molecule has 116 valence electrons. The molecule has 0 saturated heterocycles. The van der Waals surface area contributed by atoms with E-state index in [1.165, 1.54) is 11.1 Å². The van der Waals surface area contributed by atoms with Crippen LogP contribution in [0.4, 0.5) is 0 Å². The topological polar surface area (TPSA) is 64.7 Å². The Labute approximate surface area is 134 Å². The average molecular weight is 305 g/mol. The predicted octanol–water partition coefficient (Wildman–Crippen LogP) is 3.79. The number of H-pyrrole nitrogens is 2. The molecule has 2 heterocycles. The number of aromatic amines is 2. The highest BCUT2D eigenvalue weighted by atomic mass is 16.3. The van der Waals surface area contributed by atoms with E-state index in [-0.39, 0.29) is 12.5 Å². The van der Waals surface area contributed by atoms with Crippen molar-refractivity contribution in [1.82, 2.24) is 15.0 Å². The number of aryl methyl sites for hydroxylation is 2. The maximum Gasteiger partial charge on any atom is 0.117 e. The number of nitrogens with one attached hydrogen (secondary N) is 2. The van der Waals surface area contributed by atoms with E-state index in [0.717, 1.165) is 33.3 Å². The fraction of sp³-hybridized carbons (Fsp3) is 0.211. The summed E-state index contributed by atoms with van der Waals surface area (Å²) in [5, 5.41) is 11.2. The van der Waals surface area contributed by atoms with Crippen molar-refractivity contribution in [2.75, 3.05) is 6.61 Å². The molecule has 4 rings (SSSR count). The summed E-state index contributed by atoms with van der Waals surface area (Å²) < 4.78 is 0. The number of imidazole rings is 1. The Morgan fingerprint density at radius 2 is 1.96 bits per heavy atom. The zero-order chi connectivity index (χ0) is 16.0. The minimum atomic E-state index is -0.165. The molecule has 0 spiro atoms. The number of aromatic nitrogens is 3. The molecule has 0 aliphatic rings. The van der Waals surface area contributed by atoms with Gasteiger partial charge in [0.25, 0.3) is 0 Å².